The van der Waals surface area contributed by atoms with Crippen molar-refractivity contribution in [1.29, 1.82) is 0 Å². The van der Waals surface area contributed by atoms with Crippen LogP contribution in [0.1, 0.15) is 54.5 Å². The maximum Gasteiger partial charge on any atom is 0.361 e. The van der Waals surface area contributed by atoms with Gasteiger partial charge in [0.1, 0.15) is 24.6 Å². The molecule has 32 heavy (non-hydrogen) atoms. The minimum absolute atomic E-state index is 0.0909. The number of hydrogen-bond acceptors (Lipinski definition) is 7. The normalized spacial score (nSPS) is 21.5. The van der Waals surface area contributed by atoms with Crippen LogP contribution in [-0.4, -0.2) is 39.8 Å². The second-order valence-corrected chi connectivity index (χ2v) is 8.14. The zero-order chi connectivity index (χ0) is 22.7. The van der Waals surface area contributed by atoms with Gasteiger partial charge < -0.3 is 19.3 Å². The molecule has 170 valence electrons. The molecule has 3 heterocycles. The van der Waals surface area contributed by atoms with E-state index in [4.69, 9.17) is 19.3 Å². The van der Waals surface area contributed by atoms with Crippen LogP contribution in [-0.2, 0) is 33.0 Å². The molecule has 0 spiro atoms. The number of carbonyl (C=O) groups is 2. The lowest BCUT2D eigenvalue weighted by Gasteiger charge is -2.35. The van der Waals surface area contributed by atoms with Crippen LogP contribution < -0.4 is 10.3 Å². The zero-order valence-corrected chi connectivity index (χ0v) is 17.9. The van der Waals surface area contributed by atoms with Crippen LogP contribution >= 0.6 is 0 Å². The number of esters is 1. The Balaban J connectivity index is 1.81. The van der Waals surface area contributed by atoms with Crippen molar-refractivity contribution in [2.75, 3.05) is 13.2 Å². The predicted molar refractivity (Wildman–Crippen MR) is 112 cm³/mol. The molecule has 1 aromatic heterocycles. The predicted octanol–water partition coefficient (Wildman–Crippen LogP) is 2.50. The van der Waals surface area contributed by atoms with Crippen molar-refractivity contribution in [2.45, 2.75) is 51.4 Å². The summed E-state index contributed by atoms with van der Waals surface area (Å²) in [6.45, 7) is 1.77. The van der Waals surface area contributed by atoms with Gasteiger partial charge in [-0.15, -0.1) is 0 Å². The monoisotopic (exact) mass is 442 g/mol. The standard InChI is InChI=1S/C23H26N2O7/c1-2-30-21(29)18-19(31-13-16-6-4-3-5-7-16)20(28)25-12-15-8-10-23(11-9-15,22(25)24-18)32-14-17(26)27/h3-7,15H,2,8-14H2,1H3,(H,26,27). The molecule has 0 radical (unpaired) electrons. The SMILES string of the molecule is CCOC(=O)c1nc2n(c(=O)c1OCc1ccccc1)CC1CCC2(OCC(=O)O)CC1. The maximum absolute atomic E-state index is 13.5. The van der Waals surface area contributed by atoms with E-state index >= 15 is 0 Å². The van der Waals surface area contributed by atoms with Gasteiger partial charge in [0.05, 0.1) is 6.61 Å². The molecule has 0 saturated heterocycles. The first-order valence-electron chi connectivity index (χ1n) is 10.8. The number of carboxylic acids is 1. The number of carboxylic acid groups (broad SMARTS) is 1. The molecule has 3 aliphatic rings. The van der Waals surface area contributed by atoms with Gasteiger partial charge in [-0.2, -0.15) is 0 Å². The third-order valence-electron chi connectivity index (χ3n) is 6.06. The Morgan fingerprint density at radius 3 is 2.59 bits per heavy atom. The second kappa shape index (κ2) is 9.12. The second-order valence-electron chi connectivity index (χ2n) is 8.14. The molecule has 5 rings (SSSR count). The summed E-state index contributed by atoms with van der Waals surface area (Å²) in [4.78, 5) is 42.0. The van der Waals surface area contributed by atoms with Crippen molar-refractivity contribution in [1.82, 2.24) is 9.55 Å². The van der Waals surface area contributed by atoms with Gasteiger partial charge >= 0.3 is 11.9 Å². The first-order chi connectivity index (χ1) is 15.4. The van der Waals surface area contributed by atoms with E-state index in [1.54, 1.807) is 6.92 Å². The summed E-state index contributed by atoms with van der Waals surface area (Å²) in [5.41, 5.74) is -0.888. The number of carbonyl (C=O) groups excluding carboxylic acids is 1. The first-order valence-corrected chi connectivity index (χ1v) is 10.8. The molecule has 0 amide bonds. The molecule has 9 nitrogen and oxygen atoms in total. The number of aliphatic carboxylic acids is 1. The van der Waals surface area contributed by atoms with Crippen molar-refractivity contribution in [3.8, 4) is 5.75 Å². The molecule has 9 heteroatoms. The Labute approximate surface area is 184 Å². The molecular formula is C23H26N2O7. The van der Waals surface area contributed by atoms with E-state index < -0.39 is 29.7 Å². The molecule has 1 aliphatic carbocycles. The van der Waals surface area contributed by atoms with E-state index in [-0.39, 0.29) is 36.4 Å². The lowest BCUT2D eigenvalue weighted by Crippen LogP contribution is -2.39. The number of nitrogens with zero attached hydrogens (tertiary/aromatic N) is 2. The highest BCUT2D eigenvalue weighted by atomic mass is 16.5. The molecule has 2 bridgehead atoms. The molecule has 0 unspecified atom stereocenters. The highest BCUT2D eigenvalue weighted by Crippen LogP contribution is 2.45. The number of rotatable bonds is 8. The average molecular weight is 442 g/mol. The summed E-state index contributed by atoms with van der Waals surface area (Å²) in [5.74, 6) is -1.51. The van der Waals surface area contributed by atoms with E-state index in [2.05, 4.69) is 4.98 Å². The number of benzene rings is 1. The number of fused-ring (bicyclic) bond motifs is 2. The van der Waals surface area contributed by atoms with Crippen LogP contribution in [0.25, 0.3) is 0 Å². The van der Waals surface area contributed by atoms with E-state index in [0.29, 0.717) is 19.4 Å². The Bertz CT molecular complexity index is 1060. The highest BCUT2D eigenvalue weighted by Gasteiger charge is 2.46. The molecule has 1 aromatic carbocycles. The van der Waals surface area contributed by atoms with Gasteiger partial charge in [-0.1, -0.05) is 30.3 Å². The molecule has 1 fully saturated rings. The minimum Gasteiger partial charge on any atom is -0.481 e. The fraction of sp³-hybridized carbons (Fsp3) is 0.478. The van der Waals surface area contributed by atoms with Gasteiger partial charge in [-0.3, -0.25) is 9.36 Å². The molecule has 1 N–H and O–H groups in total. The highest BCUT2D eigenvalue weighted by molar-refractivity contribution is 5.90. The van der Waals surface area contributed by atoms with Crippen LogP contribution in [0.4, 0.5) is 0 Å². The molecule has 1 saturated carbocycles. The van der Waals surface area contributed by atoms with E-state index in [9.17, 15) is 14.4 Å². The van der Waals surface area contributed by atoms with Crippen molar-refractivity contribution in [3.63, 3.8) is 0 Å². The lowest BCUT2D eigenvalue weighted by molar-refractivity contribution is -0.154. The van der Waals surface area contributed by atoms with Gasteiger partial charge in [0, 0.05) is 6.54 Å². The summed E-state index contributed by atoms with van der Waals surface area (Å²) in [5, 5.41) is 9.17. The van der Waals surface area contributed by atoms with Gasteiger partial charge in [0.2, 0.25) is 5.75 Å². The fourth-order valence-corrected chi connectivity index (χ4v) is 4.47. The lowest BCUT2D eigenvalue weighted by atomic mass is 9.80. The topological polar surface area (TPSA) is 117 Å². The Kier molecular flexibility index (Phi) is 6.27. The summed E-state index contributed by atoms with van der Waals surface area (Å²) < 4.78 is 18.3. The third-order valence-corrected chi connectivity index (χ3v) is 6.06. The van der Waals surface area contributed by atoms with Crippen LogP contribution in [0.5, 0.6) is 5.75 Å². The first kappa shape index (κ1) is 22.0. The van der Waals surface area contributed by atoms with Gasteiger partial charge in [0.25, 0.3) is 5.56 Å². The largest absolute Gasteiger partial charge is 0.481 e. The Hall–Kier alpha value is -3.20. The quantitative estimate of drug-likeness (QED) is 0.620. The zero-order valence-electron chi connectivity index (χ0n) is 17.9. The van der Waals surface area contributed by atoms with E-state index in [0.717, 1.165) is 18.4 Å². The molecule has 2 aliphatic heterocycles. The summed E-state index contributed by atoms with van der Waals surface area (Å²) >= 11 is 0. The summed E-state index contributed by atoms with van der Waals surface area (Å²) in [7, 11) is 0. The van der Waals surface area contributed by atoms with Crippen molar-refractivity contribution in [3.05, 3.63) is 57.8 Å². The number of ether oxygens (including phenoxy) is 3. The average Bonchev–Trinajstić information content (AvgIpc) is 3.05. The molecule has 0 atom stereocenters. The minimum atomic E-state index is -1.10. The van der Waals surface area contributed by atoms with Crippen LogP contribution in [0, 0.1) is 5.92 Å². The fourth-order valence-electron chi connectivity index (χ4n) is 4.47. The van der Waals surface area contributed by atoms with Crippen LogP contribution in [0.3, 0.4) is 0 Å². The van der Waals surface area contributed by atoms with Gasteiger partial charge in [0.15, 0.2) is 5.69 Å². The summed E-state index contributed by atoms with van der Waals surface area (Å²) in [6, 6.07) is 9.29. The maximum atomic E-state index is 13.5. The van der Waals surface area contributed by atoms with E-state index in [1.807, 2.05) is 30.3 Å². The number of aromatic nitrogens is 2. The van der Waals surface area contributed by atoms with E-state index in [1.165, 1.54) is 4.57 Å². The Morgan fingerprint density at radius 2 is 1.94 bits per heavy atom. The molecule has 2 aromatic rings. The summed E-state index contributed by atoms with van der Waals surface area (Å²) in [6.07, 6.45) is 2.61. The van der Waals surface area contributed by atoms with Crippen LogP contribution in [0.2, 0.25) is 0 Å². The van der Waals surface area contributed by atoms with Crippen molar-refractivity contribution < 1.29 is 28.9 Å². The van der Waals surface area contributed by atoms with Crippen molar-refractivity contribution >= 4 is 11.9 Å². The van der Waals surface area contributed by atoms with Crippen molar-refractivity contribution in [2.24, 2.45) is 5.92 Å². The third kappa shape index (κ3) is 4.25. The number of hydrogen-bond donors (Lipinski definition) is 1. The molecular weight excluding hydrogens is 416 g/mol. The van der Waals surface area contributed by atoms with Crippen LogP contribution in [0.15, 0.2) is 35.1 Å². The smallest absolute Gasteiger partial charge is 0.361 e. The van der Waals surface area contributed by atoms with Gasteiger partial charge in [-0.05, 0) is 44.1 Å². The Morgan fingerprint density at radius 1 is 1.22 bits per heavy atom. The van der Waals surface area contributed by atoms with Gasteiger partial charge in [-0.25, -0.2) is 14.6 Å².